The number of carbonyl (C=O) groups excluding carboxylic acids is 1. The van der Waals surface area contributed by atoms with Gasteiger partial charge in [0.25, 0.3) is 0 Å². The van der Waals surface area contributed by atoms with Crippen LogP contribution in [0.1, 0.15) is 16.8 Å². The standard InChI is InChI=1S/C18H17F2N3OS/c1-12-7-14(5-6-22-12)17(21-2)10-25-11-23-18(24)8-13-3-4-15(19)9-16(13)20/h3-7,9-10H,2,8,11H2,1H3,(H,23,24)/b17-10-. The van der Waals surface area contributed by atoms with Crippen LogP contribution in [-0.2, 0) is 11.2 Å². The van der Waals surface area contributed by atoms with Crippen LogP contribution in [-0.4, -0.2) is 23.5 Å². The van der Waals surface area contributed by atoms with Gasteiger partial charge < -0.3 is 5.32 Å². The largest absolute Gasteiger partial charge is 0.346 e. The highest BCUT2D eigenvalue weighted by Gasteiger charge is 2.08. The van der Waals surface area contributed by atoms with E-state index in [1.54, 1.807) is 11.6 Å². The van der Waals surface area contributed by atoms with Gasteiger partial charge in [0, 0.05) is 23.5 Å². The molecule has 0 saturated heterocycles. The van der Waals surface area contributed by atoms with E-state index in [0.717, 1.165) is 23.4 Å². The molecule has 1 N–H and O–H groups in total. The number of benzene rings is 1. The van der Waals surface area contributed by atoms with Gasteiger partial charge in [-0.3, -0.25) is 14.8 Å². The van der Waals surface area contributed by atoms with Crippen molar-refractivity contribution in [3.63, 3.8) is 0 Å². The molecular weight excluding hydrogens is 344 g/mol. The number of hydrogen-bond donors (Lipinski definition) is 1. The molecule has 0 aliphatic rings. The van der Waals surface area contributed by atoms with Crippen molar-refractivity contribution < 1.29 is 13.6 Å². The van der Waals surface area contributed by atoms with Gasteiger partial charge in [-0.1, -0.05) is 6.07 Å². The normalized spacial score (nSPS) is 11.2. The zero-order valence-electron chi connectivity index (χ0n) is 13.6. The number of hydrogen-bond acceptors (Lipinski definition) is 4. The Hall–Kier alpha value is -2.54. The summed E-state index contributed by atoms with van der Waals surface area (Å²) >= 11 is 1.33. The number of halogens is 2. The SMILES string of the molecule is C=N/C(=C\SCNC(=O)Cc1ccc(F)cc1F)c1ccnc(C)c1. The molecule has 0 aliphatic carbocycles. The van der Waals surface area contributed by atoms with Crippen molar-refractivity contribution in [2.75, 3.05) is 5.88 Å². The van der Waals surface area contributed by atoms with Crippen LogP contribution in [0, 0.1) is 18.6 Å². The summed E-state index contributed by atoms with van der Waals surface area (Å²) in [5, 5.41) is 4.44. The molecule has 0 saturated carbocycles. The minimum absolute atomic E-state index is 0.146. The Morgan fingerprint density at radius 2 is 2.16 bits per heavy atom. The lowest BCUT2D eigenvalue weighted by atomic mass is 10.1. The molecule has 0 bridgehead atoms. The third kappa shape index (κ3) is 5.79. The Kier molecular flexibility index (Phi) is 6.82. The summed E-state index contributed by atoms with van der Waals surface area (Å²) in [4.78, 5) is 19.9. The van der Waals surface area contributed by atoms with Gasteiger partial charge >= 0.3 is 0 Å². The summed E-state index contributed by atoms with van der Waals surface area (Å²) in [6, 6.07) is 6.87. The van der Waals surface area contributed by atoms with Crippen LogP contribution in [0.5, 0.6) is 0 Å². The quantitative estimate of drug-likeness (QED) is 0.465. The molecule has 1 aromatic heterocycles. The van der Waals surface area contributed by atoms with E-state index in [0.29, 0.717) is 11.6 Å². The summed E-state index contributed by atoms with van der Waals surface area (Å²) in [6.07, 6.45) is 1.54. The topological polar surface area (TPSA) is 54.4 Å². The highest BCUT2D eigenvalue weighted by molar-refractivity contribution is 8.02. The fraction of sp³-hybridized carbons (Fsp3) is 0.167. The lowest BCUT2D eigenvalue weighted by Crippen LogP contribution is -2.24. The van der Waals surface area contributed by atoms with Crippen LogP contribution in [0.15, 0.2) is 46.9 Å². The van der Waals surface area contributed by atoms with E-state index in [4.69, 9.17) is 0 Å². The molecular formula is C18H17F2N3OS. The van der Waals surface area contributed by atoms with Gasteiger partial charge in [0.15, 0.2) is 0 Å². The molecule has 1 amide bonds. The first-order valence-corrected chi connectivity index (χ1v) is 8.46. The number of carbonyl (C=O) groups is 1. The number of nitrogens with one attached hydrogen (secondary N) is 1. The highest BCUT2D eigenvalue weighted by Crippen LogP contribution is 2.19. The Bertz CT molecular complexity index is 809. The Morgan fingerprint density at radius 3 is 2.84 bits per heavy atom. The molecule has 7 heteroatoms. The van der Waals surface area contributed by atoms with Gasteiger partial charge in [-0.05, 0) is 42.8 Å². The number of aromatic nitrogens is 1. The Labute approximate surface area is 149 Å². The number of aryl methyl sites for hydroxylation is 1. The molecule has 1 aromatic carbocycles. The lowest BCUT2D eigenvalue weighted by Gasteiger charge is -2.06. The maximum atomic E-state index is 13.5. The first-order valence-electron chi connectivity index (χ1n) is 7.41. The molecule has 2 rings (SSSR count). The zero-order chi connectivity index (χ0) is 18.2. The average molecular weight is 361 g/mol. The minimum Gasteiger partial charge on any atom is -0.346 e. The van der Waals surface area contributed by atoms with Crippen LogP contribution < -0.4 is 5.32 Å². The highest BCUT2D eigenvalue weighted by atomic mass is 32.2. The number of rotatable bonds is 7. The zero-order valence-corrected chi connectivity index (χ0v) is 14.4. The fourth-order valence-electron chi connectivity index (χ4n) is 2.04. The summed E-state index contributed by atoms with van der Waals surface area (Å²) in [5.74, 6) is -1.45. The maximum Gasteiger partial charge on any atom is 0.225 e. The summed E-state index contributed by atoms with van der Waals surface area (Å²) in [7, 11) is 0. The third-order valence-corrected chi connectivity index (χ3v) is 3.98. The molecule has 0 atom stereocenters. The molecule has 0 fully saturated rings. The molecule has 0 unspecified atom stereocenters. The summed E-state index contributed by atoms with van der Waals surface area (Å²) < 4.78 is 26.4. The predicted molar refractivity (Wildman–Crippen MR) is 97.2 cm³/mol. The average Bonchev–Trinajstić information content (AvgIpc) is 2.57. The monoisotopic (exact) mass is 361 g/mol. The molecule has 4 nitrogen and oxygen atoms in total. The van der Waals surface area contributed by atoms with Gasteiger partial charge in [-0.2, -0.15) is 0 Å². The van der Waals surface area contributed by atoms with Crippen LogP contribution in [0.25, 0.3) is 5.70 Å². The van der Waals surface area contributed by atoms with Gasteiger partial charge in [0.1, 0.15) is 11.6 Å². The van der Waals surface area contributed by atoms with Crippen molar-refractivity contribution >= 4 is 30.1 Å². The van der Waals surface area contributed by atoms with Gasteiger partial charge in [0.2, 0.25) is 5.91 Å². The summed E-state index contributed by atoms with van der Waals surface area (Å²) in [5.41, 5.74) is 2.58. The molecule has 25 heavy (non-hydrogen) atoms. The number of thioether (sulfide) groups is 1. The lowest BCUT2D eigenvalue weighted by molar-refractivity contribution is -0.120. The van der Waals surface area contributed by atoms with Crippen molar-refractivity contribution in [2.45, 2.75) is 13.3 Å². The Balaban J connectivity index is 1.86. The van der Waals surface area contributed by atoms with Crippen molar-refractivity contribution in [3.05, 3.63) is 70.4 Å². The van der Waals surface area contributed by atoms with E-state index in [2.05, 4.69) is 22.0 Å². The molecule has 0 aliphatic heterocycles. The van der Waals surface area contributed by atoms with E-state index in [-0.39, 0.29) is 17.9 Å². The molecule has 1 heterocycles. The molecule has 130 valence electrons. The molecule has 0 radical (unpaired) electrons. The number of pyridine rings is 1. The van der Waals surface area contributed by atoms with Crippen molar-refractivity contribution in [2.24, 2.45) is 4.99 Å². The summed E-state index contributed by atoms with van der Waals surface area (Å²) in [6.45, 7) is 5.42. The van der Waals surface area contributed by atoms with Crippen molar-refractivity contribution in [1.82, 2.24) is 10.3 Å². The second-order valence-electron chi connectivity index (χ2n) is 5.17. The predicted octanol–water partition coefficient (Wildman–Crippen LogP) is 3.72. The van der Waals surface area contributed by atoms with Gasteiger partial charge in [-0.25, -0.2) is 8.78 Å². The minimum atomic E-state index is -0.728. The van der Waals surface area contributed by atoms with Crippen LogP contribution in [0.3, 0.4) is 0 Å². The van der Waals surface area contributed by atoms with Gasteiger partial charge in [-0.15, -0.1) is 11.8 Å². The van der Waals surface area contributed by atoms with Gasteiger partial charge in [0.05, 0.1) is 18.0 Å². The van der Waals surface area contributed by atoms with Crippen LogP contribution in [0.4, 0.5) is 8.78 Å². The smallest absolute Gasteiger partial charge is 0.225 e. The van der Waals surface area contributed by atoms with Crippen LogP contribution >= 0.6 is 11.8 Å². The van der Waals surface area contributed by atoms with E-state index in [1.165, 1.54) is 17.8 Å². The first kappa shape index (κ1) is 18.8. The third-order valence-electron chi connectivity index (χ3n) is 3.28. The second kappa shape index (κ2) is 9.08. The van der Waals surface area contributed by atoms with E-state index in [1.807, 2.05) is 19.1 Å². The maximum absolute atomic E-state index is 13.5. The number of aliphatic imine (C=N–C) groups is 1. The van der Waals surface area contributed by atoms with Crippen molar-refractivity contribution in [3.8, 4) is 0 Å². The number of amides is 1. The Morgan fingerprint density at radius 1 is 1.36 bits per heavy atom. The second-order valence-corrected chi connectivity index (χ2v) is 6.03. The van der Waals surface area contributed by atoms with E-state index >= 15 is 0 Å². The van der Waals surface area contributed by atoms with Crippen molar-refractivity contribution in [1.29, 1.82) is 0 Å². The molecule has 0 spiro atoms. The first-order chi connectivity index (χ1) is 12.0. The fourth-order valence-corrected chi connectivity index (χ4v) is 2.74. The van der Waals surface area contributed by atoms with E-state index < -0.39 is 11.6 Å². The number of nitrogens with zero attached hydrogens (tertiary/aromatic N) is 2. The van der Waals surface area contributed by atoms with Crippen LogP contribution in [0.2, 0.25) is 0 Å². The molecule has 2 aromatic rings. The van der Waals surface area contributed by atoms with E-state index in [9.17, 15) is 13.6 Å².